The normalized spacial score (nSPS) is 10.5. The highest BCUT2D eigenvalue weighted by Gasteiger charge is 2.12. The Bertz CT molecular complexity index is 458. The molecule has 2 aromatic rings. The summed E-state index contributed by atoms with van der Waals surface area (Å²) in [5.74, 6) is 0.709. The number of halogens is 1. The van der Waals surface area contributed by atoms with Gasteiger partial charge in [-0.1, -0.05) is 17.7 Å². The molecule has 0 amide bonds. The SMILES string of the molecule is CCn1cnnc1-c1c(N)cccc1Cl. The lowest BCUT2D eigenvalue weighted by molar-refractivity contribution is 0.767. The van der Waals surface area contributed by atoms with Crippen LogP contribution in [0.1, 0.15) is 6.92 Å². The lowest BCUT2D eigenvalue weighted by Crippen LogP contribution is -1.99. The molecular formula is C10H11ClN4. The summed E-state index contributed by atoms with van der Waals surface area (Å²) in [6.45, 7) is 2.80. The predicted octanol–water partition coefficient (Wildman–Crippen LogP) is 2.20. The Kier molecular flexibility index (Phi) is 2.60. The molecule has 15 heavy (non-hydrogen) atoms. The highest BCUT2D eigenvalue weighted by Crippen LogP contribution is 2.31. The minimum atomic E-state index is 0.595. The molecule has 0 saturated carbocycles. The number of anilines is 1. The highest BCUT2D eigenvalue weighted by atomic mass is 35.5. The molecule has 0 aliphatic carbocycles. The Labute approximate surface area is 92.7 Å². The fraction of sp³-hybridized carbons (Fsp3) is 0.200. The maximum atomic E-state index is 6.09. The largest absolute Gasteiger partial charge is 0.398 e. The summed E-state index contributed by atoms with van der Waals surface area (Å²) in [5.41, 5.74) is 7.24. The molecular weight excluding hydrogens is 212 g/mol. The maximum absolute atomic E-state index is 6.09. The third-order valence-electron chi connectivity index (χ3n) is 2.23. The fourth-order valence-electron chi connectivity index (χ4n) is 1.46. The molecule has 5 heteroatoms. The summed E-state index contributed by atoms with van der Waals surface area (Å²) < 4.78 is 1.90. The van der Waals surface area contributed by atoms with Crippen LogP contribution in [0.2, 0.25) is 5.02 Å². The first-order valence-electron chi connectivity index (χ1n) is 4.66. The molecule has 0 radical (unpaired) electrons. The molecule has 4 nitrogen and oxygen atoms in total. The van der Waals surface area contributed by atoms with E-state index in [4.69, 9.17) is 17.3 Å². The molecule has 1 aromatic heterocycles. The fourth-order valence-corrected chi connectivity index (χ4v) is 1.72. The number of benzene rings is 1. The highest BCUT2D eigenvalue weighted by molar-refractivity contribution is 6.33. The topological polar surface area (TPSA) is 56.7 Å². The van der Waals surface area contributed by atoms with Crippen LogP contribution in [-0.2, 0) is 6.54 Å². The standard InChI is InChI=1S/C10H11ClN4/c1-2-15-6-13-14-10(15)9-7(11)4-3-5-8(9)12/h3-6H,2,12H2,1H3. The molecule has 0 aliphatic rings. The minimum absolute atomic E-state index is 0.595. The van der Waals surface area contributed by atoms with E-state index in [0.717, 1.165) is 12.1 Å². The molecule has 1 heterocycles. The first-order valence-corrected chi connectivity index (χ1v) is 5.04. The van der Waals surface area contributed by atoms with Crippen molar-refractivity contribution in [2.75, 3.05) is 5.73 Å². The second-order valence-electron chi connectivity index (χ2n) is 3.14. The van der Waals surface area contributed by atoms with E-state index in [1.54, 1.807) is 18.5 Å². The number of nitrogen functional groups attached to an aromatic ring is 1. The number of rotatable bonds is 2. The number of aryl methyl sites for hydroxylation is 1. The lowest BCUT2D eigenvalue weighted by Gasteiger charge is -2.07. The van der Waals surface area contributed by atoms with Crippen LogP contribution in [0.4, 0.5) is 5.69 Å². The quantitative estimate of drug-likeness (QED) is 0.793. The van der Waals surface area contributed by atoms with Gasteiger partial charge < -0.3 is 10.3 Å². The number of nitrogens with zero attached hydrogens (tertiary/aromatic N) is 3. The van der Waals surface area contributed by atoms with Gasteiger partial charge in [0.1, 0.15) is 6.33 Å². The van der Waals surface area contributed by atoms with Gasteiger partial charge in [0.2, 0.25) is 0 Å². The molecule has 0 spiro atoms. The van der Waals surface area contributed by atoms with E-state index in [1.165, 1.54) is 0 Å². The Morgan fingerprint density at radius 3 is 2.93 bits per heavy atom. The van der Waals surface area contributed by atoms with E-state index in [1.807, 2.05) is 17.6 Å². The number of hydrogen-bond acceptors (Lipinski definition) is 3. The number of nitrogens with two attached hydrogens (primary N) is 1. The van der Waals surface area contributed by atoms with Gasteiger partial charge in [-0.2, -0.15) is 0 Å². The van der Waals surface area contributed by atoms with Crippen LogP contribution in [0.25, 0.3) is 11.4 Å². The van der Waals surface area contributed by atoms with Crippen molar-refractivity contribution in [3.63, 3.8) is 0 Å². The van der Waals surface area contributed by atoms with Crippen LogP contribution in [0.3, 0.4) is 0 Å². The summed E-state index contributed by atoms with van der Waals surface area (Å²) in [7, 11) is 0. The summed E-state index contributed by atoms with van der Waals surface area (Å²) in [4.78, 5) is 0. The zero-order chi connectivity index (χ0) is 10.8. The first kappa shape index (κ1) is 9.98. The van der Waals surface area contributed by atoms with Crippen molar-refractivity contribution in [3.8, 4) is 11.4 Å². The maximum Gasteiger partial charge on any atom is 0.167 e. The molecule has 78 valence electrons. The summed E-state index contributed by atoms with van der Waals surface area (Å²) in [5, 5.41) is 8.47. The van der Waals surface area contributed by atoms with Gasteiger partial charge in [0, 0.05) is 12.2 Å². The van der Waals surface area contributed by atoms with Gasteiger partial charge >= 0.3 is 0 Å². The average molecular weight is 223 g/mol. The van der Waals surface area contributed by atoms with Crippen molar-refractivity contribution >= 4 is 17.3 Å². The van der Waals surface area contributed by atoms with Crippen molar-refractivity contribution in [3.05, 3.63) is 29.5 Å². The van der Waals surface area contributed by atoms with Crippen molar-refractivity contribution in [2.45, 2.75) is 13.5 Å². The second-order valence-corrected chi connectivity index (χ2v) is 3.55. The van der Waals surface area contributed by atoms with E-state index in [9.17, 15) is 0 Å². The van der Waals surface area contributed by atoms with E-state index in [0.29, 0.717) is 16.5 Å². The van der Waals surface area contributed by atoms with Crippen LogP contribution in [0.5, 0.6) is 0 Å². The molecule has 0 aliphatic heterocycles. The first-order chi connectivity index (χ1) is 7.24. The van der Waals surface area contributed by atoms with Crippen LogP contribution >= 0.6 is 11.6 Å². The minimum Gasteiger partial charge on any atom is -0.398 e. The zero-order valence-electron chi connectivity index (χ0n) is 8.31. The van der Waals surface area contributed by atoms with E-state index in [-0.39, 0.29) is 0 Å². The summed E-state index contributed by atoms with van der Waals surface area (Å²) >= 11 is 6.09. The smallest absolute Gasteiger partial charge is 0.167 e. The Hall–Kier alpha value is -1.55. The Morgan fingerprint density at radius 1 is 1.47 bits per heavy atom. The molecule has 0 saturated heterocycles. The number of aromatic nitrogens is 3. The molecule has 2 N–H and O–H groups in total. The van der Waals surface area contributed by atoms with Gasteiger partial charge in [-0.25, -0.2) is 0 Å². The third kappa shape index (κ3) is 1.68. The van der Waals surface area contributed by atoms with Gasteiger partial charge in [-0.15, -0.1) is 10.2 Å². The number of hydrogen-bond donors (Lipinski definition) is 1. The van der Waals surface area contributed by atoms with E-state index < -0.39 is 0 Å². The van der Waals surface area contributed by atoms with Gasteiger partial charge in [-0.05, 0) is 19.1 Å². The molecule has 2 rings (SSSR count). The summed E-state index contributed by atoms with van der Waals surface area (Å²) in [6, 6.07) is 5.41. The Balaban J connectivity index is 2.63. The summed E-state index contributed by atoms with van der Waals surface area (Å²) in [6.07, 6.45) is 1.66. The van der Waals surface area contributed by atoms with E-state index >= 15 is 0 Å². The van der Waals surface area contributed by atoms with Crippen molar-refractivity contribution in [1.29, 1.82) is 0 Å². The predicted molar refractivity (Wildman–Crippen MR) is 60.6 cm³/mol. The third-order valence-corrected chi connectivity index (χ3v) is 2.54. The monoisotopic (exact) mass is 222 g/mol. The second kappa shape index (κ2) is 3.90. The molecule has 1 aromatic carbocycles. The molecule has 0 unspecified atom stereocenters. The van der Waals surface area contributed by atoms with Gasteiger partial charge in [0.25, 0.3) is 0 Å². The average Bonchev–Trinajstić information content (AvgIpc) is 2.65. The molecule has 0 bridgehead atoms. The Morgan fingerprint density at radius 2 is 2.27 bits per heavy atom. The van der Waals surface area contributed by atoms with Gasteiger partial charge in [0.05, 0.1) is 10.6 Å². The van der Waals surface area contributed by atoms with E-state index in [2.05, 4.69) is 10.2 Å². The van der Waals surface area contributed by atoms with Crippen molar-refractivity contribution in [2.24, 2.45) is 0 Å². The van der Waals surface area contributed by atoms with Gasteiger partial charge in [-0.3, -0.25) is 0 Å². The van der Waals surface area contributed by atoms with Crippen molar-refractivity contribution in [1.82, 2.24) is 14.8 Å². The van der Waals surface area contributed by atoms with Crippen LogP contribution in [0.15, 0.2) is 24.5 Å². The zero-order valence-corrected chi connectivity index (χ0v) is 9.07. The van der Waals surface area contributed by atoms with Crippen molar-refractivity contribution < 1.29 is 0 Å². The molecule has 0 fully saturated rings. The van der Waals surface area contributed by atoms with Crippen LogP contribution in [0, 0.1) is 0 Å². The molecule has 0 atom stereocenters. The van der Waals surface area contributed by atoms with Crippen LogP contribution < -0.4 is 5.73 Å². The van der Waals surface area contributed by atoms with Gasteiger partial charge in [0.15, 0.2) is 5.82 Å². The lowest BCUT2D eigenvalue weighted by atomic mass is 10.1. The van der Waals surface area contributed by atoms with Crippen LogP contribution in [-0.4, -0.2) is 14.8 Å².